The van der Waals surface area contributed by atoms with Gasteiger partial charge in [0.25, 0.3) is 0 Å². The molecule has 0 aromatic heterocycles. The topological polar surface area (TPSA) is 43.0 Å². The number of nitrogens with one attached hydrogen (secondary N) is 1. The Bertz CT molecular complexity index is 778. The van der Waals surface area contributed by atoms with E-state index in [1.54, 1.807) is 14.2 Å². The lowest BCUT2D eigenvalue weighted by Crippen LogP contribution is -2.65. The van der Waals surface area contributed by atoms with E-state index in [9.17, 15) is 0 Å². The second kappa shape index (κ2) is 4.71. The zero-order valence-corrected chi connectivity index (χ0v) is 14.7. The maximum atomic E-state index is 6.02. The van der Waals surface area contributed by atoms with Crippen LogP contribution >= 0.6 is 0 Å². The van der Waals surface area contributed by atoms with Crippen molar-refractivity contribution in [2.24, 2.45) is 11.8 Å². The van der Waals surface area contributed by atoms with Crippen molar-refractivity contribution in [3.05, 3.63) is 35.6 Å². The van der Waals surface area contributed by atoms with Crippen LogP contribution in [0.5, 0.6) is 5.75 Å². The zero-order valence-electron chi connectivity index (χ0n) is 14.7. The third-order valence-electron chi connectivity index (χ3n) is 7.53. The van der Waals surface area contributed by atoms with Crippen LogP contribution in [0.4, 0.5) is 5.69 Å². The third-order valence-corrected chi connectivity index (χ3v) is 7.53. The second-order valence-corrected chi connectivity index (χ2v) is 8.16. The molecule has 5 aliphatic rings. The van der Waals surface area contributed by atoms with Crippen LogP contribution in [0.3, 0.4) is 0 Å². The van der Waals surface area contributed by atoms with Crippen LogP contribution in [0.15, 0.2) is 30.0 Å². The molecule has 1 aromatic rings. The molecule has 6 atom stereocenters. The van der Waals surface area contributed by atoms with Gasteiger partial charge in [0.1, 0.15) is 5.75 Å². The maximum Gasteiger partial charge on any atom is 0.204 e. The van der Waals surface area contributed by atoms with E-state index in [4.69, 9.17) is 14.2 Å². The quantitative estimate of drug-likeness (QED) is 0.895. The Morgan fingerprint density at radius 2 is 2.24 bits per heavy atom. The average Bonchev–Trinajstić information content (AvgIpc) is 3.20. The van der Waals surface area contributed by atoms with E-state index in [0.717, 1.165) is 12.3 Å². The summed E-state index contributed by atoms with van der Waals surface area (Å²) in [6.45, 7) is 2.23. The van der Waals surface area contributed by atoms with Crippen LogP contribution in [0.2, 0.25) is 0 Å². The lowest BCUT2D eigenvalue weighted by Gasteiger charge is -2.57. The molecular formula is C20H24N2O3. The molecule has 132 valence electrons. The number of anilines is 1. The molecule has 5 nitrogen and oxygen atoms in total. The van der Waals surface area contributed by atoms with Gasteiger partial charge in [-0.25, -0.2) is 0 Å². The number of methoxy groups -OCH3 is 2. The van der Waals surface area contributed by atoms with Crippen LogP contribution < -0.4 is 10.1 Å². The predicted molar refractivity (Wildman–Crippen MR) is 93.6 cm³/mol. The first-order valence-corrected chi connectivity index (χ1v) is 9.32. The Kier molecular flexibility index (Phi) is 2.72. The average molecular weight is 340 g/mol. The van der Waals surface area contributed by atoms with Crippen molar-refractivity contribution < 1.29 is 14.2 Å². The molecule has 0 radical (unpaired) electrons. The summed E-state index contributed by atoms with van der Waals surface area (Å²) in [5.74, 6) is 1.85. The van der Waals surface area contributed by atoms with Gasteiger partial charge in [0.15, 0.2) is 0 Å². The first-order valence-electron chi connectivity index (χ1n) is 9.32. The van der Waals surface area contributed by atoms with E-state index in [1.165, 1.54) is 36.2 Å². The molecule has 0 unspecified atom stereocenters. The highest BCUT2D eigenvalue weighted by Gasteiger charge is 2.67. The monoisotopic (exact) mass is 340 g/mol. The van der Waals surface area contributed by atoms with Crippen molar-refractivity contribution in [3.8, 4) is 5.75 Å². The molecule has 25 heavy (non-hydrogen) atoms. The van der Waals surface area contributed by atoms with E-state index >= 15 is 0 Å². The Morgan fingerprint density at radius 1 is 1.32 bits per heavy atom. The fourth-order valence-corrected chi connectivity index (χ4v) is 6.59. The number of ether oxygens (including phenoxy) is 3. The normalized spacial score (nSPS) is 42.8. The van der Waals surface area contributed by atoms with Crippen molar-refractivity contribution in [2.75, 3.05) is 32.6 Å². The van der Waals surface area contributed by atoms with Crippen molar-refractivity contribution in [1.29, 1.82) is 0 Å². The predicted octanol–water partition coefficient (Wildman–Crippen LogP) is 2.34. The number of benzene rings is 1. The van der Waals surface area contributed by atoms with Crippen LogP contribution in [-0.4, -0.2) is 50.6 Å². The third kappa shape index (κ3) is 1.57. The summed E-state index contributed by atoms with van der Waals surface area (Å²) in [6, 6.07) is 7.55. The van der Waals surface area contributed by atoms with Crippen molar-refractivity contribution in [2.45, 2.75) is 36.6 Å². The van der Waals surface area contributed by atoms with Gasteiger partial charge in [0, 0.05) is 48.8 Å². The molecule has 2 saturated heterocycles. The number of hydrogen-bond acceptors (Lipinski definition) is 5. The molecule has 5 heteroatoms. The molecule has 0 amide bonds. The van der Waals surface area contributed by atoms with Gasteiger partial charge in [-0.05, 0) is 42.5 Å². The van der Waals surface area contributed by atoms with Gasteiger partial charge in [0.2, 0.25) is 6.29 Å². The minimum absolute atomic E-state index is 0.160. The van der Waals surface area contributed by atoms with Crippen molar-refractivity contribution >= 4 is 5.69 Å². The minimum Gasteiger partial charge on any atom is -0.497 e. The SMILES string of the molecule is COc1ccc2c(c1)N[C@H]1[C@@H]3[C@H](OC)OC=C4CN5CC[C@]21[C@@H]5C[C@@H]43. The zero-order chi connectivity index (χ0) is 16.8. The Labute approximate surface area is 147 Å². The lowest BCUT2D eigenvalue weighted by molar-refractivity contribution is -0.167. The Morgan fingerprint density at radius 3 is 3.08 bits per heavy atom. The molecule has 4 aliphatic heterocycles. The smallest absolute Gasteiger partial charge is 0.204 e. The summed E-state index contributed by atoms with van der Waals surface area (Å²) >= 11 is 0. The number of rotatable bonds is 2. The molecular weight excluding hydrogens is 316 g/mol. The summed E-state index contributed by atoms with van der Waals surface area (Å²) in [7, 11) is 3.51. The van der Waals surface area contributed by atoms with Gasteiger partial charge in [-0.2, -0.15) is 0 Å². The fraction of sp³-hybridized carbons (Fsp3) is 0.600. The fourth-order valence-electron chi connectivity index (χ4n) is 6.59. The number of nitrogens with zero attached hydrogens (tertiary/aromatic N) is 1. The van der Waals surface area contributed by atoms with Crippen LogP contribution in [0.1, 0.15) is 18.4 Å². The molecule has 1 aliphatic carbocycles. The summed E-state index contributed by atoms with van der Waals surface area (Å²) in [6.07, 6.45) is 4.26. The molecule has 1 saturated carbocycles. The highest BCUT2D eigenvalue weighted by atomic mass is 16.7. The van der Waals surface area contributed by atoms with E-state index in [0.29, 0.717) is 23.9 Å². The van der Waals surface area contributed by atoms with Gasteiger partial charge >= 0.3 is 0 Å². The molecule has 6 rings (SSSR count). The van der Waals surface area contributed by atoms with E-state index < -0.39 is 0 Å². The standard InChI is InChI=1S/C20H24N2O3/c1-23-12-3-4-14-15(7-12)21-18-17-13-8-16-20(14,18)5-6-22(16)9-11(13)10-25-19(17)24-2/h3-4,7,10,13,16-19,21H,5-6,8-9H2,1-2H3/t13-,16-,17+,18-,19+,20+/m0/s1. The first kappa shape index (κ1) is 14.4. The van der Waals surface area contributed by atoms with Crippen molar-refractivity contribution in [3.63, 3.8) is 0 Å². The second-order valence-electron chi connectivity index (χ2n) is 8.16. The van der Waals surface area contributed by atoms with Gasteiger partial charge < -0.3 is 19.5 Å². The molecule has 1 N–H and O–H groups in total. The number of hydrogen-bond donors (Lipinski definition) is 1. The van der Waals surface area contributed by atoms with E-state index in [2.05, 4.69) is 28.4 Å². The molecule has 3 fully saturated rings. The Hall–Kier alpha value is -1.72. The van der Waals surface area contributed by atoms with Crippen LogP contribution in [-0.2, 0) is 14.9 Å². The molecule has 1 spiro atoms. The first-order chi connectivity index (χ1) is 12.3. The highest BCUT2D eigenvalue weighted by molar-refractivity contribution is 5.67. The Balaban J connectivity index is 1.55. The van der Waals surface area contributed by atoms with Gasteiger partial charge in [-0.15, -0.1) is 0 Å². The molecule has 1 aromatic carbocycles. The number of piperidine rings is 1. The highest BCUT2D eigenvalue weighted by Crippen LogP contribution is 2.63. The van der Waals surface area contributed by atoms with Crippen molar-refractivity contribution in [1.82, 2.24) is 4.90 Å². The van der Waals surface area contributed by atoms with Crippen LogP contribution in [0.25, 0.3) is 0 Å². The van der Waals surface area contributed by atoms with Gasteiger partial charge in [-0.3, -0.25) is 4.90 Å². The minimum atomic E-state index is -0.160. The summed E-state index contributed by atoms with van der Waals surface area (Å²) in [4.78, 5) is 2.68. The molecule has 4 heterocycles. The summed E-state index contributed by atoms with van der Waals surface area (Å²) in [5.41, 5.74) is 4.34. The molecule has 2 bridgehead atoms. The van der Waals surface area contributed by atoms with Gasteiger partial charge in [-0.1, -0.05) is 6.07 Å². The maximum absolute atomic E-state index is 6.02. The van der Waals surface area contributed by atoms with E-state index in [1.807, 2.05) is 6.26 Å². The lowest BCUT2D eigenvalue weighted by atomic mass is 9.55. The summed E-state index contributed by atoms with van der Waals surface area (Å²) in [5, 5.41) is 3.88. The largest absolute Gasteiger partial charge is 0.497 e. The van der Waals surface area contributed by atoms with Crippen LogP contribution in [0, 0.1) is 11.8 Å². The van der Waals surface area contributed by atoms with E-state index in [-0.39, 0.29) is 11.7 Å². The van der Waals surface area contributed by atoms with Gasteiger partial charge in [0.05, 0.1) is 13.4 Å². The summed E-state index contributed by atoms with van der Waals surface area (Å²) < 4.78 is 17.3. The number of fused-ring (bicyclic) bond motifs is 2.